The zero-order valence-corrected chi connectivity index (χ0v) is 4.13. The number of hydrogen-bond donors (Lipinski definition) is 0. The molecule has 0 spiro atoms. The summed E-state index contributed by atoms with van der Waals surface area (Å²) in [6.45, 7) is 0. The summed E-state index contributed by atoms with van der Waals surface area (Å²) in [4.78, 5) is 0. The molecule has 0 radical (unpaired) electrons. The average molecular weight is 80.0 g/mol. The molecule has 0 aromatic rings. The van der Waals surface area contributed by atoms with Crippen LogP contribution < -0.4 is 43.7 Å². The van der Waals surface area contributed by atoms with Crippen molar-refractivity contribution in [3.8, 4) is 0 Å². The van der Waals surface area contributed by atoms with Crippen LogP contribution in [0.25, 0.3) is 0 Å². The molecule has 0 amide bonds. The van der Waals surface area contributed by atoms with Gasteiger partial charge in [-0.1, -0.05) is 0 Å². The van der Waals surface area contributed by atoms with Crippen molar-refractivity contribution in [2.24, 2.45) is 0 Å². The van der Waals surface area contributed by atoms with Gasteiger partial charge in [-0.05, 0) is 0 Å². The van der Waals surface area contributed by atoms with Gasteiger partial charge in [-0.25, -0.2) is 0 Å². The summed E-state index contributed by atoms with van der Waals surface area (Å²) in [7, 11) is 0. The molecule has 0 atom stereocenters. The van der Waals surface area contributed by atoms with Gasteiger partial charge < -0.3 is 14.1 Å². The fourth-order valence-electron chi connectivity index (χ4n) is 0. The van der Waals surface area contributed by atoms with E-state index >= 15 is 0 Å². The topological polar surface area (TPSA) is 0 Å². The van der Waals surface area contributed by atoms with Gasteiger partial charge in [0.25, 0.3) is 0 Å². The maximum Gasteiger partial charge on any atom is 1.00 e. The molecule has 0 saturated heterocycles. The Bertz CT molecular complexity index is 3.25. The van der Waals surface area contributed by atoms with E-state index in [1.54, 1.807) is 0 Å². The summed E-state index contributed by atoms with van der Waals surface area (Å²) < 4.78 is 0. The first-order valence-electron chi connectivity index (χ1n) is 0. The Balaban J connectivity index is 0. The Hall–Kier alpha value is 0.790. The number of rotatable bonds is 0. The molecule has 4 heavy (non-hydrogen) atoms. The molecule has 0 aromatic heterocycles. The van der Waals surface area contributed by atoms with Crippen molar-refractivity contribution in [3.05, 3.63) is 0 Å². The standard InChI is InChI=1S/3FH.Na/h3*1H;/q;;;+1/p-3. The average Bonchev–Trinajstić information content (AvgIpc) is 0. The zero-order valence-electron chi connectivity index (χ0n) is 2.13. The fraction of sp³-hybridized carbons (Fsp3) is 0. The second-order valence-electron chi connectivity index (χ2n) is 0. The molecule has 0 fully saturated rings. The Labute approximate surface area is 44.0 Å². The molecule has 0 aromatic carbocycles. The van der Waals surface area contributed by atoms with Crippen molar-refractivity contribution in [1.82, 2.24) is 0 Å². The van der Waals surface area contributed by atoms with Crippen molar-refractivity contribution in [1.29, 1.82) is 0 Å². The van der Waals surface area contributed by atoms with E-state index in [1.807, 2.05) is 0 Å². The molecular weight excluding hydrogens is 80.0 g/mol. The van der Waals surface area contributed by atoms with Crippen molar-refractivity contribution >= 4 is 0 Å². The second kappa shape index (κ2) is 47.3. The fourth-order valence-corrected chi connectivity index (χ4v) is 0. The molecule has 0 rings (SSSR count). The molecule has 0 aliphatic heterocycles. The maximum atomic E-state index is 0. The zero-order chi connectivity index (χ0) is 0. The SMILES string of the molecule is [F-].[F-].[F-].[Na+]. The second-order valence-corrected chi connectivity index (χ2v) is 0. The molecular formula is F3Na-2. The summed E-state index contributed by atoms with van der Waals surface area (Å²) in [5.74, 6) is 0. The predicted octanol–water partition coefficient (Wildman–Crippen LogP) is -12.0. The van der Waals surface area contributed by atoms with Crippen LogP contribution in [-0.2, 0) is 0 Å². The summed E-state index contributed by atoms with van der Waals surface area (Å²) in [6, 6.07) is 0. The van der Waals surface area contributed by atoms with E-state index in [9.17, 15) is 0 Å². The minimum atomic E-state index is 0. The smallest absolute Gasteiger partial charge is 1.00 e. The normalized spacial score (nSPS) is 0. The van der Waals surface area contributed by atoms with Crippen LogP contribution in [0.5, 0.6) is 0 Å². The largest absolute Gasteiger partial charge is 1.00 e. The monoisotopic (exact) mass is 80.0 g/mol. The Morgan fingerprint density at radius 3 is 0.500 bits per heavy atom. The van der Waals surface area contributed by atoms with E-state index in [0.29, 0.717) is 0 Å². The minimum absolute atomic E-state index is 0. The third-order valence-electron chi connectivity index (χ3n) is 0. The van der Waals surface area contributed by atoms with Crippen LogP contribution >= 0.6 is 0 Å². The van der Waals surface area contributed by atoms with Crippen LogP contribution in [0, 0.1) is 0 Å². The van der Waals surface area contributed by atoms with Crippen LogP contribution in [0.1, 0.15) is 0 Å². The molecule has 0 nitrogen and oxygen atoms in total. The van der Waals surface area contributed by atoms with E-state index in [-0.39, 0.29) is 43.7 Å². The van der Waals surface area contributed by atoms with Gasteiger partial charge in [0, 0.05) is 0 Å². The molecule has 0 aliphatic rings. The summed E-state index contributed by atoms with van der Waals surface area (Å²) in [5.41, 5.74) is 0. The molecule has 0 unspecified atom stereocenters. The molecule has 4 heteroatoms. The van der Waals surface area contributed by atoms with Crippen molar-refractivity contribution in [2.75, 3.05) is 0 Å². The summed E-state index contributed by atoms with van der Waals surface area (Å²) in [5, 5.41) is 0. The van der Waals surface area contributed by atoms with Crippen LogP contribution in [-0.4, -0.2) is 0 Å². The van der Waals surface area contributed by atoms with Crippen molar-refractivity contribution < 1.29 is 43.7 Å². The van der Waals surface area contributed by atoms with Crippen LogP contribution in [0.3, 0.4) is 0 Å². The van der Waals surface area contributed by atoms with E-state index < -0.39 is 0 Å². The van der Waals surface area contributed by atoms with Crippen molar-refractivity contribution in [2.45, 2.75) is 0 Å². The molecule has 0 saturated carbocycles. The Kier molecular flexibility index (Phi) is 1300. The quantitative estimate of drug-likeness (QED) is 0.253. The van der Waals surface area contributed by atoms with E-state index in [4.69, 9.17) is 0 Å². The molecule has 0 heterocycles. The van der Waals surface area contributed by atoms with Gasteiger partial charge in [0.2, 0.25) is 0 Å². The van der Waals surface area contributed by atoms with Crippen LogP contribution in [0.2, 0.25) is 0 Å². The molecule has 24 valence electrons. The van der Waals surface area contributed by atoms with Gasteiger partial charge in [0.05, 0.1) is 0 Å². The predicted molar refractivity (Wildman–Crippen MR) is 0 cm³/mol. The maximum absolute atomic E-state index is 0. The van der Waals surface area contributed by atoms with Gasteiger partial charge in [0.15, 0.2) is 0 Å². The van der Waals surface area contributed by atoms with Gasteiger partial charge in [-0.15, -0.1) is 0 Å². The first-order valence-corrected chi connectivity index (χ1v) is 0. The van der Waals surface area contributed by atoms with Crippen molar-refractivity contribution in [3.63, 3.8) is 0 Å². The molecule has 0 N–H and O–H groups in total. The third-order valence-corrected chi connectivity index (χ3v) is 0. The van der Waals surface area contributed by atoms with Gasteiger partial charge in [-0.3, -0.25) is 0 Å². The first-order chi connectivity index (χ1) is 0. The summed E-state index contributed by atoms with van der Waals surface area (Å²) in [6.07, 6.45) is 0. The first kappa shape index (κ1) is 110. The Morgan fingerprint density at radius 1 is 0.500 bits per heavy atom. The van der Waals surface area contributed by atoms with Gasteiger partial charge in [0.1, 0.15) is 0 Å². The molecule has 0 aliphatic carbocycles. The van der Waals surface area contributed by atoms with Crippen LogP contribution in [0.4, 0.5) is 0 Å². The summed E-state index contributed by atoms with van der Waals surface area (Å²) >= 11 is 0. The van der Waals surface area contributed by atoms with Crippen LogP contribution in [0.15, 0.2) is 0 Å². The Morgan fingerprint density at radius 2 is 0.500 bits per heavy atom. The van der Waals surface area contributed by atoms with Gasteiger partial charge >= 0.3 is 29.6 Å². The van der Waals surface area contributed by atoms with E-state index in [0.717, 1.165) is 0 Å². The third kappa shape index (κ3) is 14.3. The molecule has 0 bridgehead atoms. The van der Waals surface area contributed by atoms with E-state index in [2.05, 4.69) is 0 Å². The number of halogens is 3. The van der Waals surface area contributed by atoms with Gasteiger partial charge in [-0.2, -0.15) is 0 Å². The minimum Gasteiger partial charge on any atom is -1.00 e. The van der Waals surface area contributed by atoms with E-state index in [1.165, 1.54) is 0 Å². The number of hydrogen-bond acceptors (Lipinski definition) is 0.